The van der Waals surface area contributed by atoms with Gasteiger partial charge in [0.05, 0.1) is 6.04 Å². The molecule has 0 saturated heterocycles. The van der Waals surface area contributed by atoms with E-state index in [9.17, 15) is 9.59 Å². The minimum absolute atomic E-state index is 0.434. The van der Waals surface area contributed by atoms with E-state index in [0.717, 1.165) is 12.8 Å². The number of hydrogen-bond donors (Lipinski definition) is 3. The third-order valence-corrected chi connectivity index (χ3v) is 1.98. The van der Waals surface area contributed by atoms with Crippen LogP contribution in [0.5, 0.6) is 0 Å². The monoisotopic (exact) mass is 245 g/mol. The first kappa shape index (κ1) is 15.7. The zero-order valence-electron chi connectivity index (χ0n) is 10.8. The van der Waals surface area contributed by atoms with E-state index in [-0.39, 0.29) is 0 Å². The minimum Gasteiger partial charge on any atom is -0.444 e. The van der Waals surface area contributed by atoms with Gasteiger partial charge in [0.25, 0.3) is 0 Å². The van der Waals surface area contributed by atoms with Crippen LogP contribution >= 0.6 is 0 Å². The van der Waals surface area contributed by atoms with Gasteiger partial charge in [-0.15, -0.1) is 0 Å². The number of nitrogens with one attached hydrogen (secondary N) is 1. The third-order valence-electron chi connectivity index (χ3n) is 1.98. The summed E-state index contributed by atoms with van der Waals surface area (Å²) in [7, 11) is 0. The molecule has 1 unspecified atom stereocenters. The Morgan fingerprint density at radius 2 is 1.88 bits per heavy atom. The molecule has 0 spiro atoms. The van der Waals surface area contributed by atoms with Crippen molar-refractivity contribution in [3.63, 3.8) is 0 Å². The van der Waals surface area contributed by atoms with Crippen LogP contribution in [0.2, 0.25) is 0 Å². The van der Waals surface area contributed by atoms with Gasteiger partial charge in [-0.1, -0.05) is 0 Å². The van der Waals surface area contributed by atoms with Crippen molar-refractivity contribution in [3.8, 4) is 0 Å². The molecule has 0 aliphatic rings. The molecule has 0 aliphatic carbocycles. The van der Waals surface area contributed by atoms with Crippen LogP contribution in [-0.2, 0) is 9.53 Å². The van der Waals surface area contributed by atoms with Gasteiger partial charge in [-0.2, -0.15) is 0 Å². The number of ether oxygens (including phenoxy) is 1. The molecule has 6 nitrogen and oxygen atoms in total. The Balaban J connectivity index is 3.52. The lowest BCUT2D eigenvalue weighted by molar-refractivity contribution is -0.119. The van der Waals surface area contributed by atoms with Gasteiger partial charge in [-0.05, 0) is 40.0 Å². The summed E-state index contributed by atoms with van der Waals surface area (Å²) in [4.78, 5) is 21.9. The quantitative estimate of drug-likeness (QED) is 0.592. The van der Waals surface area contributed by atoms with E-state index >= 15 is 0 Å². The number of nitrogens with two attached hydrogens (primary N) is 2. The van der Waals surface area contributed by atoms with Gasteiger partial charge in [0.2, 0.25) is 5.91 Å². The molecule has 17 heavy (non-hydrogen) atoms. The maximum absolute atomic E-state index is 11.2. The average molecular weight is 245 g/mol. The second-order valence-corrected chi connectivity index (χ2v) is 4.93. The molecule has 0 radical (unpaired) electrons. The second kappa shape index (κ2) is 7.11. The third kappa shape index (κ3) is 9.62. The maximum Gasteiger partial charge on any atom is 0.407 e. The highest BCUT2D eigenvalue weighted by Crippen LogP contribution is 2.06. The highest BCUT2D eigenvalue weighted by Gasteiger charge is 2.15. The van der Waals surface area contributed by atoms with Gasteiger partial charge in [-0.25, -0.2) is 4.79 Å². The summed E-state index contributed by atoms with van der Waals surface area (Å²) >= 11 is 0. The zero-order valence-corrected chi connectivity index (χ0v) is 10.8. The lowest BCUT2D eigenvalue weighted by atomic mass is 10.1. The topological polar surface area (TPSA) is 107 Å². The van der Waals surface area contributed by atoms with Crippen LogP contribution in [0.1, 0.15) is 40.0 Å². The molecule has 0 bridgehead atoms. The van der Waals surface area contributed by atoms with Gasteiger partial charge < -0.3 is 21.5 Å². The summed E-state index contributed by atoms with van der Waals surface area (Å²) < 4.78 is 5.05. The van der Waals surface area contributed by atoms with E-state index in [1.807, 2.05) is 0 Å². The Labute approximate surface area is 102 Å². The lowest BCUT2D eigenvalue weighted by Gasteiger charge is -2.19. The fourth-order valence-corrected chi connectivity index (χ4v) is 1.14. The molecule has 0 aromatic rings. The average Bonchev–Trinajstić information content (AvgIpc) is 2.13. The normalized spacial score (nSPS) is 12.9. The fraction of sp³-hybridized carbons (Fsp3) is 0.818. The summed E-state index contributed by atoms with van der Waals surface area (Å²) in [5.74, 6) is -0.495. The van der Waals surface area contributed by atoms with Crippen LogP contribution in [0.25, 0.3) is 0 Å². The van der Waals surface area contributed by atoms with E-state index in [4.69, 9.17) is 16.2 Å². The Morgan fingerprint density at radius 1 is 1.29 bits per heavy atom. The predicted octanol–water partition coefficient (Wildman–Crippen LogP) is 0.494. The summed E-state index contributed by atoms with van der Waals surface area (Å²) in [6.45, 7) is 5.91. The zero-order chi connectivity index (χ0) is 13.5. The Kier molecular flexibility index (Phi) is 6.57. The number of alkyl carbamates (subject to hydrolysis) is 1. The number of hydrogen-bond acceptors (Lipinski definition) is 4. The van der Waals surface area contributed by atoms with E-state index in [2.05, 4.69) is 5.32 Å². The Hall–Kier alpha value is -1.30. The van der Waals surface area contributed by atoms with Gasteiger partial charge in [0.15, 0.2) is 0 Å². The van der Waals surface area contributed by atoms with Crippen LogP contribution in [-0.4, -0.2) is 30.2 Å². The molecule has 0 aromatic heterocycles. The summed E-state index contributed by atoms with van der Waals surface area (Å²) in [5, 5.41) is 2.62. The van der Waals surface area contributed by atoms with Crippen molar-refractivity contribution in [2.75, 3.05) is 6.54 Å². The first-order chi connectivity index (χ1) is 7.72. The Morgan fingerprint density at radius 3 is 2.35 bits per heavy atom. The number of unbranched alkanes of at least 4 members (excludes halogenated alkanes) is 1. The highest BCUT2D eigenvalue weighted by atomic mass is 16.6. The minimum atomic E-state index is -0.600. The van der Waals surface area contributed by atoms with Gasteiger partial charge >= 0.3 is 6.09 Å². The molecule has 0 saturated carbocycles. The Bertz CT molecular complexity index is 261. The van der Waals surface area contributed by atoms with Crippen molar-refractivity contribution in [1.29, 1.82) is 0 Å². The molecule has 0 fully saturated rings. The van der Waals surface area contributed by atoms with Gasteiger partial charge in [0, 0.05) is 6.54 Å². The molecule has 0 aromatic carbocycles. The van der Waals surface area contributed by atoms with Crippen molar-refractivity contribution in [1.82, 2.24) is 5.32 Å². The van der Waals surface area contributed by atoms with Crippen LogP contribution in [0.3, 0.4) is 0 Å². The maximum atomic E-state index is 11.2. The molecule has 0 heterocycles. The summed E-state index contributed by atoms with van der Waals surface area (Å²) in [6, 6.07) is -0.600. The first-order valence-corrected chi connectivity index (χ1v) is 5.74. The SMILES string of the molecule is CC(C)(C)OC(=O)NCCCCC(N)C(N)=O. The number of carbonyl (C=O) groups excluding carboxylic acids is 2. The van der Waals surface area contributed by atoms with Crippen molar-refractivity contribution in [2.45, 2.75) is 51.7 Å². The van der Waals surface area contributed by atoms with Crippen molar-refractivity contribution in [2.24, 2.45) is 11.5 Å². The van der Waals surface area contributed by atoms with E-state index < -0.39 is 23.6 Å². The van der Waals surface area contributed by atoms with E-state index in [1.165, 1.54) is 0 Å². The van der Waals surface area contributed by atoms with Gasteiger partial charge in [0.1, 0.15) is 5.60 Å². The second-order valence-electron chi connectivity index (χ2n) is 4.93. The number of carbonyl (C=O) groups is 2. The van der Waals surface area contributed by atoms with Crippen molar-refractivity contribution < 1.29 is 14.3 Å². The van der Waals surface area contributed by atoms with E-state index in [0.29, 0.717) is 13.0 Å². The summed E-state index contributed by atoms with van der Waals surface area (Å²) in [6.07, 6.45) is 1.57. The smallest absolute Gasteiger partial charge is 0.407 e. The van der Waals surface area contributed by atoms with Crippen molar-refractivity contribution >= 4 is 12.0 Å². The van der Waals surface area contributed by atoms with Crippen LogP contribution in [0.15, 0.2) is 0 Å². The molecule has 0 rings (SSSR count). The predicted molar refractivity (Wildman–Crippen MR) is 65.3 cm³/mol. The highest BCUT2D eigenvalue weighted by molar-refractivity contribution is 5.79. The molecular formula is C11H23N3O3. The number of amides is 2. The molecule has 1 atom stereocenters. The molecule has 5 N–H and O–H groups in total. The first-order valence-electron chi connectivity index (χ1n) is 5.74. The van der Waals surface area contributed by atoms with Crippen LogP contribution < -0.4 is 16.8 Å². The lowest BCUT2D eigenvalue weighted by Crippen LogP contribution is -2.36. The standard InChI is InChI=1S/C11H23N3O3/c1-11(2,3)17-10(16)14-7-5-4-6-8(12)9(13)15/h8H,4-7,12H2,1-3H3,(H2,13,15)(H,14,16). The molecular weight excluding hydrogens is 222 g/mol. The van der Waals surface area contributed by atoms with Crippen LogP contribution in [0, 0.1) is 0 Å². The van der Waals surface area contributed by atoms with E-state index in [1.54, 1.807) is 20.8 Å². The fourth-order valence-electron chi connectivity index (χ4n) is 1.14. The largest absolute Gasteiger partial charge is 0.444 e. The number of rotatable bonds is 6. The summed E-state index contributed by atoms with van der Waals surface area (Å²) in [5.41, 5.74) is 9.98. The molecule has 0 aliphatic heterocycles. The molecule has 6 heteroatoms. The molecule has 100 valence electrons. The molecule has 2 amide bonds. The number of primary amides is 1. The van der Waals surface area contributed by atoms with Crippen molar-refractivity contribution in [3.05, 3.63) is 0 Å². The van der Waals surface area contributed by atoms with Crippen LogP contribution in [0.4, 0.5) is 4.79 Å². The van der Waals surface area contributed by atoms with Gasteiger partial charge in [-0.3, -0.25) is 4.79 Å².